The third-order valence-corrected chi connectivity index (χ3v) is 13.1. The minimum atomic E-state index is -0.810. The first-order valence-corrected chi connectivity index (χ1v) is 30.6. The first-order chi connectivity index (χ1) is 35.5. The highest BCUT2D eigenvalue weighted by molar-refractivity contribution is 5.71. The van der Waals surface area contributed by atoms with Gasteiger partial charge in [0.1, 0.15) is 13.2 Å². The summed E-state index contributed by atoms with van der Waals surface area (Å²) in [5, 5.41) is 0. The first-order valence-electron chi connectivity index (χ1n) is 30.6. The molecule has 0 aliphatic carbocycles. The van der Waals surface area contributed by atoms with Gasteiger partial charge in [-0.1, -0.05) is 254 Å². The predicted octanol–water partition coefficient (Wildman–Crippen LogP) is 20.7. The number of allylic oxidation sites excluding steroid dienone is 14. The zero-order valence-electron chi connectivity index (χ0n) is 47.4. The maximum absolute atomic E-state index is 12.9. The Kier molecular flexibility index (Phi) is 57.3. The van der Waals surface area contributed by atoms with Gasteiger partial charge >= 0.3 is 17.9 Å². The fourth-order valence-corrected chi connectivity index (χ4v) is 8.48. The summed E-state index contributed by atoms with van der Waals surface area (Å²) in [6, 6.07) is 0. The summed E-state index contributed by atoms with van der Waals surface area (Å²) < 4.78 is 16.8. The van der Waals surface area contributed by atoms with Crippen LogP contribution in [0.5, 0.6) is 0 Å². The summed E-state index contributed by atoms with van der Waals surface area (Å²) in [5.74, 6) is -0.971. The van der Waals surface area contributed by atoms with E-state index in [1.54, 1.807) is 0 Å². The van der Waals surface area contributed by atoms with Crippen molar-refractivity contribution in [3.63, 3.8) is 0 Å². The highest BCUT2D eigenvalue weighted by Crippen LogP contribution is 2.15. The molecule has 0 heterocycles. The molecule has 0 N–H and O–H groups in total. The molecule has 0 aromatic rings. The molecule has 1 unspecified atom stereocenters. The van der Waals surface area contributed by atoms with Crippen molar-refractivity contribution in [2.75, 3.05) is 13.2 Å². The van der Waals surface area contributed by atoms with Crippen molar-refractivity contribution in [1.82, 2.24) is 0 Å². The number of carbonyl (C=O) groups excluding carboxylic acids is 3. The normalized spacial score (nSPS) is 12.7. The van der Waals surface area contributed by atoms with Crippen molar-refractivity contribution in [3.8, 4) is 0 Å². The number of hydrogen-bond donors (Lipinski definition) is 0. The maximum Gasteiger partial charge on any atom is 0.306 e. The molecule has 414 valence electrons. The fraction of sp³-hybridized carbons (Fsp3) is 0.742. The molecule has 0 saturated heterocycles. The standard InChI is InChI=1S/C66H114O6/c1-4-7-10-13-16-19-22-25-28-31-33-36-38-41-44-47-50-53-56-59-65(68)71-62-63(61-70-64(67)58-55-52-49-46-43-40-37-34-30-27-24-21-18-15-12-9-6-3)72-66(69)60-57-54-51-48-45-42-39-35-32-29-26-23-20-17-14-11-8-5-2/h18,21,27,29-33,35,37,39-40,46,49,63H,4-17,19-20,22-26,28,34,36,38,41-45,47-48,50-62H2,1-3H3/b21-18-,30-27-,32-29-,33-31-,39-35-,40-37-,49-46-. The van der Waals surface area contributed by atoms with Crippen LogP contribution in [0.15, 0.2) is 85.1 Å². The monoisotopic (exact) mass is 1000 g/mol. The predicted molar refractivity (Wildman–Crippen MR) is 311 cm³/mol. The van der Waals surface area contributed by atoms with Gasteiger partial charge in [-0.2, -0.15) is 0 Å². The second kappa shape index (κ2) is 60.1. The highest BCUT2D eigenvalue weighted by Gasteiger charge is 2.19. The molecule has 0 aromatic carbocycles. The molecule has 0 bridgehead atoms. The molecule has 72 heavy (non-hydrogen) atoms. The van der Waals surface area contributed by atoms with Gasteiger partial charge in [0.2, 0.25) is 0 Å². The van der Waals surface area contributed by atoms with Crippen LogP contribution in [0.1, 0.15) is 297 Å². The zero-order chi connectivity index (χ0) is 52.2. The van der Waals surface area contributed by atoms with Crippen molar-refractivity contribution in [1.29, 1.82) is 0 Å². The molecule has 0 saturated carbocycles. The van der Waals surface area contributed by atoms with Crippen molar-refractivity contribution in [2.24, 2.45) is 0 Å². The van der Waals surface area contributed by atoms with E-state index in [1.807, 2.05) is 0 Å². The molecule has 0 radical (unpaired) electrons. The minimum absolute atomic E-state index is 0.102. The lowest BCUT2D eigenvalue weighted by molar-refractivity contribution is -0.167. The van der Waals surface area contributed by atoms with Gasteiger partial charge in [-0.05, 0) is 109 Å². The Morgan fingerprint density at radius 2 is 0.556 bits per heavy atom. The van der Waals surface area contributed by atoms with Crippen LogP contribution in [-0.2, 0) is 28.6 Å². The van der Waals surface area contributed by atoms with E-state index in [1.165, 1.54) is 167 Å². The molecule has 0 aromatic heterocycles. The molecular formula is C66H114O6. The van der Waals surface area contributed by atoms with E-state index < -0.39 is 6.10 Å². The summed E-state index contributed by atoms with van der Waals surface area (Å²) in [6.45, 7) is 6.57. The topological polar surface area (TPSA) is 78.9 Å². The smallest absolute Gasteiger partial charge is 0.306 e. The van der Waals surface area contributed by atoms with Crippen molar-refractivity contribution >= 4 is 17.9 Å². The lowest BCUT2D eigenvalue weighted by atomic mass is 10.1. The van der Waals surface area contributed by atoms with Crippen molar-refractivity contribution in [2.45, 2.75) is 303 Å². The van der Waals surface area contributed by atoms with Gasteiger partial charge < -0.3 is 14.2 Å². The van der Waals surface area contributed by atoms with Gasteiger partial charge in [-0.15, -0.1) is 0 Å². The summed E-state index contributed by atoms with van der Waals surface area (Å²) in [5.41, 5.74) is 0. The van der Waals surface area contributed by atoms with E-state index in [4.69, 9.17) is 14.2 Å². The average Bonchev–Trinajstić information content (AvgIpc) is 3.38. The molecule has 1 atom stereocenters. The van der Waals surface area contributed by atoms with Gasteiger partial charge in [0.25, 0.3) is 0 Å². The third kappa shape index (κ3) is 57.5. The van der Waals surface area contributed by atoms with E-state index in [9.17, 15) is 14.4 Å². The quantitative estimate of drug-likeness (QED) is 0.0199. The van der Waals surface area contributed by atoms with Gasteiger partial charge in [-0.25, -0.2) is 0 Å². The molecule has 6 nitrogen and oxygen atoms in total. The number of unbranched alkanes of at least 4 members (excludes halogenated alkanes) is 31. The Morgan fingerprint density at radius 3 is 0.958 bits per heavy atom. The number of carbonyl (C=O) groups is 3. The van der Waals surface area contributed by atoms with Crippen LogP contribution in [0, 0.1) is 0 Å². The van der Waals surface area contributed by atoms with Gasteiger partial charge in [0, 0.05) is 19.3 Å². The molecule has 0 aliphatic heterocycles. The average molecular weight is 1000 g/mol. The van der Waals surface area contributed by atoms with E-state index in [0.717, 1.165) is 83.5 Å². The molecule has 0 rings (SSSR count). The first kappa shape index (κ1) is 68.6. The van der Waals surface area contributed by atoms with Crippen LogP contribution in [0.3, 0.4) is 0 Å². The van der Waals surface area contributed by atoms with Crippen LogP contribution in [0.25, 0.3) is 0 Å². The van der Waals surface area contributed by atoms with Crippen LogP contribution in [0.2, 0.25) is 0 Å². The molecule has 0 amide bonds. The molecule has 0 fully saturated rings. The van der Waals surface area contributed by atoms with Crippen LogP contribution in [-0.4, -0.2) is 37.2 Å². The fourth-order valence-electron chi connectivity index (χ4n) is 8.48. The van der Waals surface area contributed by atoms with Crippen molar-refractivity contribution in [3.05, 3.63) is 85.1 Å². The number of esters is 3. The Balaban J connectivity index is 4.48. The number of ether oxygens (including phenoxy) is 3. The Labute approximate surface area is 445 Å². The molecule has 0 spiro atoms. The highest BCUT2D eigenvalue weighted by atomic mass is 16.6. The van der Waals surface area contributed by atoms with Crippen LogP contribution < -0.4 is 0 Å². The summed E-state index contributed by atoms with van der Waals surface area (Å²) in [4.78, 5) is 38.2. The SMILES string of the molecule is CCCCC/C=C\C/C=C\C/C=C\C/C=C\CCCC(=O)OCC(COC(=O)CCCCCCCCC/C=C\CCCCCCCCCC)OC(=O)CCCCCCC/C=C\C=C/CCCCCCCCC. The van der Waals surface area contributed by atoms with Crippen LogP contribution in [0.4, 0.5) is 0 Å². The third-order valence-electron chi connectivity index (χ3n) is 13.1. The minimum Gasteiger partial charge on any atom is -0.462 e. The lowest BCUT2D eigenvalue weighted by Crippen LogP contribution is -2.30. The van der Waals surface area contributed by atoms with Crippen LogP contribution >= 0.6 is 0 Å². The van der Waals surface area contributed by atoms with Gasteiger partial charge in [-0.3, -0.25) is 14.4 Å². The summed E-state index contributed by atoms with van der Waals surface area (Å²) in [7, 11) is 0. The van der Waals surface area contributed by atoms with E-state index >= 15 is 0 Å². The van der Waals surface area contributed by atoms with E-state index in [-0.39, 0.29) is 37.5 Å². The van der Waals surface area contributed by atoms with E-state index in [0.29, 0.717) is 19.3 Å². The second-order valence-corrected chi connectivity index (χ2v) is 20.3. The number of hydrogen-bond acceptors (Lipinski definition) is 6. The molecule has 6 heteroatoms. The summed E-state index contributed by atoms with van der Waals surface area (Å²) in [6.07, 6.45) is 78.7. The number of rotatable bonds is 55. The molecular weight excluding hydrogens is 889 g/mol. The Morgan fingerprint density at radius 1 is 0.292 bits per heavy atom. The van der Waals surface area contributed by atoms with Gasteiger partial charge in [0.05, 0.1) is 0 Å². The Hall–Kier alpha value is -3.41. The summed E-state index contributed by atoms with van der Waals surface area (Å²) >= 11 is 0. The Bertz CT molecular complexity index is 1380. The maximum atomic E-state index is 12.9. The van der Waals surface area contributed by atoms with Gasteiger partial charge in [0.15, 0.2) is 6.10 Å². The zero-order valence-corrected chi connectivity index (χ0v) is 47.4. The second-order valence-electron chi connectivity index (χ2n) is 20.3. The molecule has 0 aliphatic rings. The van der Waals surface area contributed by atoms with E-state index in [2.05, 4.69) is 106 Å². The largest absolute Gasteiger partial charge is 0.462 e. The van der Waals surface area contributed by atoms with Crippen molar-refractivity contribution < 1.29 is 28.6 Å². The lowest BCUT2D eigenvalue weighted by Gasteiger charge is -2.18.